The number of halogens is 1. The zero-order chi connectivity index (χ0) is 17.6. The molecule has 0 amide bonds. The standard InChI is InChI=1S/C18H16N4O2S.BrH/c1-2-12-21-17(14-6-4-3-5-7-14)13-25-18(21)20-19-15-8-10-16(11-9-15)22(23)24;/h2-11,13,19H,1,12H2;1H/b20-18+;. The molecule has 0 aliphatic carbocycles. The second-order valence-corrected chi connectivity index (χ2v) is 6.03. The van der Waals surface area contributed by atoms with Gasteiger partial charge in [0.2, 0.25) is 4.80 Å². The van der Waals surface area contributed by atoms with Gasteiger partial charge < -0.3 is 4.57 Å². The van der Waals surface area contributed by atoms with Crippen LogP contribution in [0.4, 0.5) is 11.4 Å². The summed E-state index contributed by atoms with van der Waals surface area (Å²) >= 11 is 1.52. The average Bonchev–Trinajstić information content (AvgIpc) is 3.04. The molecule has 0 spiro atoms. The predicted molar refractivity (Wildman–Crippen MR) is 111 cm³/mol. The van der Waals surface area contributed by atoms with Crippen molar-refractivity contribution < 1.29 is 4.92 Å². The molecule has 3 rings (SSSR count). The van der Waals surface area contributed by atoms with Gasteiger partial charge in [0.05, 0.1) is 16.3 Å². The van der Waals surface area contributed by atoms with Crippen molar-refractivity contribution >= 4 is 39.7 Å². The highest BCUT2D eigenvalue weighted by Gasteiger charge is 2.07. The second kappa shape index (κ2) is 9.12. The molecule has 0 atom stereocenters. The molecule has 0 fully saturated rings. The number of aromatic nitrogens is 1. The molecular weight excluding hydrogens is 416 g/mol. The zero-order valence-electron chi connectivity index (χ0n) is 13.7. The number of hydrogen-bond acceptors (Lipinski definition) is 5. The molecule has 3 aromatic rings. The largest absolute Gasteiger partial charge is 0.311 e. The fourth-order valence-electron chi connectivity index (χ4n) is 2.33. The SMILES string of the molecule is Br.C=CCn1c(-c2ccccc2)cs/c1=N/Nc1ccc([N+](=O)[O-])cc1. The van der Waals surface area contributed by atoms with Crippen molar-refractivity contribution in [1.29, 1.82) is 0 Å². The monoisotopic (exact) mass is 432 g/mol. The van der Waals surface area contributed by atoms with E-state index < -0.39 is 4.92 Å². The van der Waals surface area contributed by atoms with Crippen LogP contribution in [0.25, 0.3) is 11.3 Å². The van der Waals surface area contributed by atoms with Gasteiger partial charge in [0.15, 0.2) is 0 Å². The average molecular weight is 433 g/mol. The number of benzene rings is 2. The van der Waals surface area contributed by atoms with E-state index in [-0.39, 0.29) is 22.7 Å². The van der Waals surface area contributed by atoms with Gasteiger partial charge >= 0.3 is 0 Å². The maximum Gasteiger partial charge on any atom is 0.269 e. The molecule has 1 heterocycles. The van der Waals surface area contributed by atoms with Gasteiger partial charge in [0.25, 0.3) is 5.69 Å². The van der Waals surface area contributed by atoms with Crippen LogP contribution in [-0.2, 0) is 6.54 Å². The molecule has 6 nitrogen and oxygen atoms in total. The van der Waals surface area contributed by atoms with Gasteiger partial charge in [-0.15, -0.1) is 40.0 Å². The Morgan fingerprint density at radius 1 is 1.19 bits per heavy atom. The molecule has 0 aliphatic heterocycles. The Balaban J connectivity index is 0.00000243. The van der Waals surface area contributed by atoms with Gasteiger partial charge in [-0.1, -0.05) is 36.4 Å². The Hall–Kier alpha value is -2.71. The Morgan fingerprint density at radius 2 is 1.88 bits per heavy atom. The van der Waals surface area contributed by atoms with Crippen LogP contribution in [0.1, 0.15) is 0 Å². The van der Waals surface area contributed by atoms with E-state index in [0.29, 0.717) is 12.2 Å². The quantitative estimate of drug-likeness (QED) is 0.344. The molecule has 0 saturated carbocycles. The number of rotatable bonds is 6. The normalized spacial score (nSPS) is 10.8. The van der Waals surface area contributed by atoms with Gasteiger partial charge in [0.1, 0.15) is 0 Å². The summed E-state index contributed by atoms with van der Waals surface area (Å²) in [7, 11) is 0. The van der Waals surface area contributed by atoms with Gasteiger partial charge in [-0.2, -0.15) is 0 Å². The number of nitrogens with zero attached hydrogens (tertiary/aromatic N) is 3. The van der Waals surface area contributed by atoms with E-state index in [1.54, 1.807) is 12.1 Å². The topological polar surface area (TPSA) is 72.5 Å². The minimum Gasteiger partial charge on any atom is -0.311 e. The molecule has 1 N–H and O–H groups in total. The molecule has 0 saturated heterocycles. The third-order valence-electron chi connectivity index (χ3n) is 3.54. The lowest BCUT2D eigenvalue weighted by atomic mass is 10.2. The van der Waals surface area contributed by atoms with Crippen LogP contribution in [-0.4, -0.2) is 9.49 Å². The van der Waals surface area contributed by atoms with Crippen molar-refractivity contribution in [3.05, 3.63) is 87.5 Å². The van der Waals surface area contributed by atoms with E-state index in [2.05, 4.69) is 39.2 Å². The van der Waals surface area contributed by atoms with E-state index in [1.165, 1.54) is 23.5 Å². The number of allylic oxidation sites excluding steroid dienone is 1. The first-order valence-electron chi connectivity index (χ1n) is 7.58. The lowest BCUT2D eigenvalue weighted by Crippen LogP contribution is -2.17. The third-order valence-corrected chi connectivity index (χ3v) is 4.40. The summed E-state index contributed by atoms with van der Waals surface area (Å²) in [6, 6.07) is 16.2. The van der Waals surface area contributed by atoms with Crippen molar-refractivity contribution in [3.8, 4) is 11.3 Å². The molecule has 0 aliphatic rings. The van der Waals surface area contributed by atoms with E-state index in [1.807, 2.05) is 24.3 Å². The first kappa shape index (κ1) is 19.6. The van der Waals surface area contributed by atoms with Gasteiger partial charge in [-0.3, -0.25) is 15.5 Å². The van der Waals surface area contributed by atoms with Gasteiger partial charge in [-0.05, 0) is 17.7 Å². The van der Waals surface area contributed by atoms with Crippen LogP contribution in [0.2, 0.25) is 0 Å². The summed E-state index contributed by atoms with van der Waals surface area (Å²) in [5.74, 6) is 0. The summed E-state index contributed by atoms with van der Waals surface area (Å²) in [5, 5.41) is 17.2. The van der Waals surface area contributed by atoms with Gasteiger partial charge in [-0.25, -0.2) is 0 Å². The van der Waals surface area contributed by atoms with Crippen molar-refractivity contribution in [2.24, 2.45) is 5.10 Å². The Bertz CT molecular complexity index is 949. The van der Waals surface area contributed by atoms with Crippen molar-refractivity contribution in [2.75, 3.05) is 5.43 Å². The van der Waals surface area contributed by atoms with Crippen LogP contribution in [0, 0.1) is 10.1 Å². The summed E-state index contributed by atoms with van der Waals surface area (Å²) in [6.45, 7) is 4.45. The molecule has 1 aromatic heterocycles. The number of nitrogens with one attached hydrogen (secondary N) is 1. The van der Waals surface area contributed by atoms with Crippen molar-refractivity contribution in [1.82, 2.24) is 4.57 Å². The number of anilines is 1. The Morgan fingerprint density at radius 3 is 2.50 bits per heavy atom. The minimum absolute atomic E-state index is 0. The molecule has 2 aromatic carbocycles. The zero-order valence-corrected chi connectivity index (χ0v) is 16.3. The molecule has 8 heteroatoms. The molecule has 0 unspecified atom stereocenters. The Kier molecular flexibility index (Phi) is 6.88. The van der Waals surface area contributed by atoms with Crippen LogP contribution in [0.5, 0.6) is 0 Å². The maximum absolute atomic E-state index is 10.7. The van der Waals surface area contributed by atoms with Gasteiger partial charge in [0, 0.05) is 24.1 Å². The molecule has 26 heavy (non-hydrogen) atoms. The number of nitro benzene ring substituents is 1. The van der Waals surface area contributed by atoms with Crippen molar-refractivity contribution in [2.45, 2.75) is 6.54 Å². The summed E-state index contributed by atoms with van der Waals surface area (Å²) in [6.07, 6.45) is 1.82. The van der Waals surface area contributed by atoms with Crippen LogP contribution >= 0.6 is 28.3 Å². The smallest absolute Gasteiger partial charge is 0.269 e. The first-order chi connectivity index (χ1) is 12.2. The molecular formula is C18H17BrN4O2S. The van der Waals surface area contributed by atoms with Crippen LogP contribution < -0.4 is 10.2 Å². The van der Waals surface area contributed by atoms with E-state index in [4.69, 9.17) is 0 Å². The second-order valence-electron chi connectivity index (χ2n) is 5.20. The molecule has 0 bridgehead atoms. The van der Waals surface area contributed by atoms with E-state index in [9.17, 15) is 10.1 Å². The first-order valence-corrected chi connectivity index (χ1v) is 8.46. The van der Waals surface area contributed by atoms with Crippen molar-refractivity contribution in [3.63, 3.8) is 0 Å². The third kappa shape index (κ3) is 4.47. The number of hydrogen-bond donors (Lipinski definition) is 1. The fourth-order valence-corrected chi connectivity index (χ4v) is 3.21. The van der Waals surface area contributed by atoms with Crippen LogP contribution in [0.3, 0.4) is 0 Å². The van der Waals surface area contributed by atoms with E-state index >= 15 is 0 Å². The number of thiazole rings is 1. The van der Waals surface area contributed by atoms with E-state index in [0.717, 1.165) is 16.1 Å². The maximum atomic E-state index is 10.7. The predicted octanol–water partition coefficient (Wildman–Crippen LogP) is 4.82. The highest BCUT2D eigenvalue weighted by atomic mass is 79.9. The summed E-state index contributed by atoms with van der Waals surface area (Å²) in [5.41, 5.74) is 5.86. The molecule has 134 valence electrons. The minimum atomic E-state index is -0.426. The lowest BCUT2D eigenvalue weighted by Gasteiger charge is -2.06. The Labute approximate surface area is 165 Å². The fraction of sp³-hybridized carbons (Fsp3) is 0.0556. The summed E-state index contributed by atoms with van der Waals surface area (Å²) < 4.78 is 2.06. The van der Waals surface area contributed by atoms with Crippen LogP contribution in [0.15, 0.2) is 77.7 Å². The number of non-ortho nitro benzene ring substituents is 1. The molecule has 0 radical (unpaired) electrons. The highest BCUT2D eigenvalue weighted by molar-refractivity contribution is 8.93. The summed E-state index contributed by atoms with van der Waals surface area (Å²) in [4.78, 5) is 11.1. The lowest BCUT2D eigenvalue weighted by molar-refractivity contribution is -0.384. The highest BCUT2D eigenvalue weighted by Crippen LogP contribution is 2.20. The number of nitro groups is 1.